The maximum absolute atomic E-state index is 12.9. The van der Waals surface area contributed by atoms with Crippen LogP contribution in [0.3, 0.4) is 0 Å². The van der Waals surface area contributed by atoms with Crippen molar-refractivity contribution in [2.45, 2.75) is 48.8 Å². The van der Waals surface area contributed by atoms with Crippen LogP contribution in [0.4, 0.5) is 0 Å². The van der Waals surface area contributed by atoms with Crippen molar-refractivity contribution in [3.63, 3.8) is 0 Å². The molecule has 1 fully saturated rings. The fourth-order valence-electron chi connectivity index (χ4n) is 5.95. The lowest BCUT2D eigenvalue weighted by Crippen LogP contribution is -2.38. The second-order valence-corrected chi connectivity index (χ2v) is 14.1. The van der Waals surface area contributed by atoms with E-state index in [-0.39, 0.29) is 53.9 Å². The lowest BCUT2D eigenvalue weighted by atomic mass is 9.84. The molecular formula is C37H31N3O7S2. The number of thioether (sulfide) groups is 1. The molecule has 4 atom stereocenters. The molecule has 2 aliphatic heterocycles. The monoisotopic (exact) mass is 693 g/mol. The number of amides is 1. The smallest absolute Gasteiger partial charge is 0.346 e. The van der Waals surface area contributed by atoms with E-state index < -0.39 is 18.2 Å². The third kappa shape index (κ3) is 7.19. The zero-order valence-electron chi connectivity index (χ0n) is 26.3. The molecule has 0 saturated carbocycles. The molecule has 7 rings (SSSR count). The van der Waals surface area contributed by atoms with Gasteiger partial charge in [0.15, 0.2) is 10.6 Å². The topological polar surface area (TPSA) is 137 Å². The minimum Gasteiger partial charge on any atom is -0.392 e. The fraction of sp³-hybridized carbons (Fsp3) is 0.216. The van der Waals surface area contributed by atoms with Crippen LogP contribution in [-0.4, -0.2) is 45.0 Å². The van der Waals surface area contributed by atoms with Gasteiger partial charge in [-0.05, 0) is 47.4 Å². The maximum Gasteiger partial charge on any atom is 0.346 e. The Bertz CT molecular complexity index is 1980. The average molecular weight is 694 g/mol. The number of benzene rings is 4. The molecule has 0 radical (unpaired) electrons. The Morgan fingerprint density at radius 3 is 2.27 bits per heavy atom. The highest BCUT2D eigenvalue weighted by molar-refractivity contribution is 8.01. The number of aryl methyl sites for hydroxylation is 1. The summed E-state index contributed by atoms with van der Waals surface area (Å²) in [4.78, 5) is 36.5. The predicted molar refractivity (Wildman–Crippen MR) is 182 cm³/mol. The van der Waals surface area contributed by atoms with Crippen molar-refractivity contribution in [3.05, 3.63) is 147 Å². The van der Waals surface area contributed by atoms with Crippen molar-refractivity contribution in [1.82, 2.24) is 15.5 Å². The second-order valence-electron chi connectivity index (χ2n) is 11.7. The van der Waals surface area contributed by atoms with E-state index in [0.717, 1.165) is 37.2 Å². The van der Waals surface area contributed by atoms with E-state index in [1.165, 1.54) is 18.2 Å². The zero-order chi connectivity index (χ0) is 33.9. The van der Waals surface area contributed by atoms with Gasteiger partial charge in [0.1, 0.15) is 5.01 Å². The van der Waals surface area contributed by atoms with Crippen LogP contribution in [0.25, 0.3) is 0 Å². The van der Waals surface area contributed by atoms with Crippen LogP contribution in [0.15, 0.2) is 101 Å². The van der Waals surface area contributed by atoms with Crippen LogP contribution in [-0.2, 0) is 27.4 Å². The predicted octanol–water partition coefficient (Wildman–Crippen LogP) is 6.31. The number of esters is 2. The van der Waals surface area contributed by atoms with Gasteiger partial charge in [0.05, 0.1) is 29.9 Å². The van der Waals surface area contributed by atoms with Gasteiger partial charge in [-0.1, -0.05) is 102 Å². The van der Waals surface area contributed by atoms with E-state index >= 15 is 0 Å². The summed E-state index contributed by atoms with van der Waals surface area (Å²) in [6.07, 6.45) is -1.28. The van der Waals surface area contributed by atoms with E-state index in [0.29, 0.717) is 5.75 Å². The summed E-state index contributed by atoms with van der Waals surface area (Å²) in [7, 11) is 0. The second kappa shape index (κ2) is 14.4. The lowest BCUT2D eigenvalue weighted by molar-refractivity contribution is -0.255. The number of carbonyl (C=O) groups is 3. The molecule has 12 heteroatoms. The van der Waals surface area contributed by atoms with Crippen molar-refractivity contribution in [2.75, 3.05) is 5.75 Å². The Kier molecular flexibility index (Phi) is 9.65. The Labute approximate surface area is 290 Å². The maximum atomic E-state index is 12.9. The largest absolute Gasteiger partial charge is 0.392 e. The molecule has 1 amide bonds. The average Bonchev–Trinajstić information content (AvgIpc) is 3.69. The molecule has 0 bridgehead atoms. The molecule has 2 N–H and O–H groups in total. The summed E-state index contributed by atoms with van der Waals surface area (Å²) < 4.78 is 19.0. The van der Waals surface area contributed by atoms with Gasteiger partial charge in [-0.2, -0.15) is 0 Å². The molecule has 1 saturated heterocycles. The first kappa shape index (κ1) is 32.8. The number of fused-ring (bicyclic) bond motifs is 1. The van der Waals surface area contributed by atoms with E-state index in [1.807, 2.05) is 73.7 Å². The minimum absolute atomic E-state index is 0.0457. The van der Waals surface area contributed by atoms with Crippen molar-refractivity contribution in [1.29, 1.82) is 0 Å². The highest BCUT2D eigenvalue weighted by Gasteiger charge is 2.42. The number of carbonyl (C=O) groups excluding carboxylic acids is 3. The van der Waals surface area contributed by atoms with Gasteiger partial charge in [0, 0.05) is 29.3 Å². The van der Waals surface area contributed by atoms with Gasteiger partial charge in [-0.15, -0.1) is 10.2 Å². The molecule has 1 aromatic heterocycles. The molecular weight excluding hydrogens is 663 g/mol. The van der Waals surface area contributed by atoms with Crippen molar-refractivity contribution >= 4 is 40.9 Å². The molecule has 49 heavy (non-hydrogen) atoms. The number of ether oxygens (including phenoxy) is 3. The summed E-state index contributed by atoms with van der Waals surface area (Å²) in [6.45, 7) is 2.13. The molecule has 4 unspecified atom stereocenters. The van der Waals surface area contributed by atoms with Gasteiger partial charge in [0.2, 0.25) is 0 Å². The van der Waals surface area contributed by atoms with Gasteiger partial charge in [0.25, 0.3) is 5.91 Å². The van der Waals surface area contributed by atoms with Crippen LogP contribution >= 0.6 is 23.1 Å². The molecule has 3 heterocycles. The van der Waals surface area contributed by atoms with Crippen LogP contribution in [0.2, 0.25) is 0 Å². The number of nitrogens with zero attached hydrogens (tertiary/aromatic N) is 2. The molecule has 5 aromatic rings. The van der Waals surface area contributed by atoms with Gasteiger partial charge >= 0.3 is 11.9 Å². The first-order chi connectivity index (χ1) is 23.9. The molecule has 0 aliphatic carbocycles. The van der Waals surface area contributed by atoms with Crippen LogP contribution in [0.1, 0.15) is 82.2 Å². The SMILES string of the molecule is Cc1nnc(SCC2OC(c3ccc(CNC(=O)c4ccc5c(c4)C(=O)OC5=O)cc3)OC(c3ccc(CO)cc3)C2c2ccccc2)s1. The molecule has 10 nitrogen and oxygen atoms in total. The number of aliphatic hydroxyl groups is 1. The van der Waals surface area contributed by atoms with Crippen molar-refractivity contribution < 1.29 is 33.7 Å². The van der Waals surface area contributed by atoms with E-state index in [4.69, 9.17) is 9.47 Å². The summed E-state index contributed by atoms with van der Waals surface area (Å²) in [5, 5.41) is 21.9. The zero-order valence-corrected chi connectivity index (χ0v) is 27.9. The standard InChI is InChI=1S/C37H31N3O7S2/c1-21-39-40-37(49-21)48-20-30-31(24-5-3-2-4-6-24)32(25-11-9-23(19-41)10-12-25)46-36(45-30)26-13-7-22(8-14-26)18-38-33(42)27-15-16-28-29(17-27)35(44)47-34(28)43/h2-17,30-32,36,41H,18-20H2,1H3,(H,38,42). The fourth-order valence-corrected chi connectivity index (χ4v) is 7.85. The molecule has 2 aliphatic rings. The summed E-state index contributed by atoms with van der Waals surface area (Å²) in [5.74, 6) is -1.36. The van der Waals surface area contributed by atoms with Crippen molar-refractivity contribution in [2.24, 2.45) is 0 Å². The van der Waals surface area contributed by atoms with Gasteiger partial charge in [-0.3, -0.25) is 4.79 Å². The Morgan fingerprint density at radius 1 is 0.837 bits per heavy atom. The van der Waals surface area contributed by atoms with E-state index in [1.54, 1.807) is 23.1 Å². The molecule has 248 valence electrons. The number of hydrogen-bond acceptors (Lipinski definition) is 11. The van der Waals surface area contributed by atoms with E-state index in [9.17, 15) is 19.5 Å². The van der Waals surface area contributed by atoms with Crippen LogP contribution in [0, 0.1) is 6.92 Å². The number of aliphatic hydroxyl groups excluding tert-OH is 1. The number of hydrogen-bond donors (Lipinski definition) is 2. The highest BCUT2D eigenvalue weighted by Crippen LogP contribution is 2.48. The molecule has 0 spiro atoms. The minimum atomic E-state index is -0.756. The van der Waals surface area contributed by atoms with Crippen LogP contribution in [0.5, 0.6) is 0 Å². The Morgan fingerprint density at radius 2 is 1.55 bits per heavy atom. The van der Waals surface area contributed by atoms with Gasteiger partial charge in [-0.25, -0.2) is 9.59 Å². The first-order valence-electron chi connectivity index (χ1n) is 15.6. The quantitative estimate of drug-likeness (QED) is 0.0973. The highest BCUT2D eigenvalue weighted by atomic mass is 32.2. The first-order valence-corrected chi connectivity index (χ1v) is 17.4. The lowest BCUT2D eigenvalue weighted by Gasteiger charge is -2.43. The number of rotatable bonds is 10. The van der Waals surface area contributed by atoms with Crippen LogP contribution < -0.4 is 5.32 Å². The molecule has 4 aromatic carbocycles. The number of nitrogens with one attached hydrogen (secondary N) is 1. The van der Waals surface area contributed by atoms with E-state index in [2.05, 4.69) is 32.4 Å². The summed E-state index contributed by atoms with van der Waals surface area (Å²) in [5.41, 5.74) is 5.05. The Hall–Kier alpha value is -4.72. The normalized spacial score (nSPS) is 20.1. The third-order valence-corrected chi connectivity index (χ3v) is 10.5. The Balaban J connectivity index is 1.11. The number of cyclic esters (lactones) is 2. The van der Waals surface area contributed by atoms with Crippen molar-refractivity contribution in [3.8, 4) is 0 Å². The number of aromatic nitrogens is 2. The summed E-state index contributed by atoms with van der Waals surface area (Å²) >= 11 is 3.16. The third-order valence-electron chi connectivity index (χ3n) is 8.46. The van der Waals surface area contributed by atoms with Gasteiger partial charge < -0.3 is 24.6 Å². The summed E-state index contributed by atoms with van der Waals surface area (Å²) in [6, 6.07) is 30.0.